The second-order valence-electron chi connectivity index (χ2n) is 14.5. The van der Waals surface area contributed by atoms with Gasteiger partial charge in [0, 0.05) is 62.6 Å². The van der Waals surface area contributed by atoms with E-state index in [4.69, 9.17) is 9.47 Å². The van der Waals surface area contributed by atoms with E-state index in [2.05, 4.69) is 33.0 Å². The molecule has 242 valence electrons. The number of rotatable bonds is 6. The van der Waals surface area contributed by atoms with Crippen LogP contribution in [0.4, 0.5) is 5.69 Å². The monoisotopic (exact) mass is 620 g/mol. The smallest absolute Gasteiger partial charge is 0.342 e. The van der Waals surface area contributed by atoms with E-state index in [0.717, 1.165) is 48.8 Å². The number of nitrogens with zero attached hydrogens (tertiary/aromatic N) is 4. The number of hydrogen-bond donors (Lipinski definition) is 0. The van der Waals surface area contributed by atoms with Gasteiger partial charge in [-0.25, -0.2) is 9.78 Å². The van der Waals surface area contributed by atoms with Gasteiger partial charge in [-0.2, -0.15) is 0 Å². The molecular formula is C39H48N4O3. The Morgan fingerprint density at radius 2 is 1.65 bits per heavy atom. The van der Waals surface area contributed by atoms with Crippen molar-refractivity contribution in [3.63, 3.8) is 0 Å². The van der Waals surface area contributed by atoms with Crippen molar-refractivity contribution in [3.05, 3.63) is 83.2 Å². The van der Waals surface area contributed by atoms with Crippen molar-refractivity contribution in [2.45, 2.75) is 89.7 Å². The molecule has 0 spiro atoms. The molecule has 0 radical (unpaired) electrons. The third-order valence-electron chi connectivity index (χ3n) is 10.2. The van der Waals surface area contributed by atoms with Crippen molar-refractivity contribution in [3.8, 4) is 11.5 Å². The van der Waals surface area contributed by atoms with Gasteiger partial charge >= 0.3 is 5.97 Å². The minimum absolute atomic E-state index is 0.392. The Morgan fingerprint density at radius 1 is 0.891 bits per heavy atom. The van der Waals surface area contributed by atoms with Crippen LogP contribution < -0.4 is 9.64 Å². The van der Waals surface area contributed by atoms with Crippen molar-refractivity contribution in [1.82, 2.24) is 14.5 Å². The second-order valence-corrected chi connectivity index (χ2v) is 14.5. The molecule has 7 nitrogen and oxygen atoms in total. The number of carbonyl (C=O) groups is 1. The summed E-state index contributed by atoms with van der Waals surface area (Å²) in [6.07, 6.45) is 14.2. The zero-order chi connectivity index (χ0) is 31.8. The largest absolute Gasteiger partial charge is 0.456 e. The summed E-state index contributed by atoms with van der Waals surface area (Å²) in [5.41, 5.74) is 6.66. The van der Waals surface area contributed by atoms with Gasteiger partial charge in [0.05, 0.1) is 6.20 Å². The number of aromatic nitrogens is 2. The Labute approximate surface area is 273 Å². The first-order chi connectivity index (χ1) is 22.2. The lowest BCUT2D eigenvalue weighted by Gasteiger charge is -2.41. The predicted octanol–water partition coefficient (Wildman–Crippen LogP) is 8.57. The summed E-state index contributed by atoms with van der Waals surface area (Å²) in [5, 5.41) is 0.988. The first-order valence-electron chi connectivity index (χ1n) is 17.3. The molecule has 2 aromatic heterocycles. The summed E-state index contributed by atoms with van der Waals surface area (Å²) in [7, 11) is 1.97. The quantitative estimate of drug-likeness (QED) is 0.159. The molecule has 1 saturated heterocycles. The number of anilines is 1. The van der Waals surface area contributed by atoms with E-state index >= 15 is 0 Å². The summed E-state index contributed by atoms with van der Waals surface area (Å²) in [5.74, 6) is 1.45. The zero-order valence-corrected chi connectivity index (χ0v) is 27.9. The van der Waals surface area contributed by atoms with Gasteiger partial charge in [0.15, 0.2) is 0 Å². The van der Waals surface area contributed by atoms with Gasteiger partial charge in [-0.1, -0.05) is 37.5 Å². The lowest BCUT2D eigenvalue weighted by atomic mass is 9.86. The number of aryl methyl sites for hydroxylation is 1. The Balaban J connectivity index is 1.11. The van der Waals surface area contributed by atoms with Crippen molar-refractivity contribution in [1.29, 1.82) is 0 Å². The Bertz CT molecular complexity index is 1710. The lowest BCUT2D eigenvalue weighted by molar-refractivity contribution is 0.00672. The maximum absolute atomic E-state index is 13.3. The van der Waals surface area contributed by atoms with Crippen LogP contribution >= 0.6 is 0 Å². The van der Waals surface area contributed by atoms with E-state index < -0.39 is 11.6 Å². The minimum atomic E-state index is -0.609. The van der Waals surface area contributed by atoms with Crippen molar-refractivity contribution in [2.75, 3.05) is 31.1 Å². The predicted molar refractivity (Wildman–Crippen MR) is 184 cm³/mol. The highest BCUT2D eigenvalue weighted by molar-refractivity contribution is 5.93. The highest BCUT2D eigenvalue weighted by atomic mass is 16.6. The molecule has 1 unspecified atom stereocenters. The standard InChI is InChI=1S/C39H48N4O3/c1-39(2,3)46-38(44)34-17-16-29(25-36(34)45-30-24-28-18-19-41(4)37(28)40-26-30)42-20-22-43(23-21-42)35-15-8-7-12-32-31(13-9-14-33(32)35)27-10-5-6-11-27/h9,13-14,16-19,24-27,35H,5-8,10-12,15,20-23H2,1-4H3. The van der Waals surface area contributed by atoms with Crippen molar-refractivity contribution < 1.29 is 14.3 Å². The maximum Gasteiger partial charge on any atom is 0.342 e. The molecule has 0 N–H and O–H groups in total. The van der Waals surface area contributed by atoms with Crippen LogP contribution in [-0.2, 0) is 18.2 Å². The molecule has 7 rings (SSSR count). The first kappa shape index (κ1) is 30.8. The zero-order valence-electron chi connectivity index (χ0n) is 27.9. The molecule has 1 atom stereocenters. The molecule has 3 heterocycles. The van der Waals surface area contributed by atoms with Gasteiger partial charge in [0.2, 0.25) is 0 Å². The van der Waals surface area contributed by atoms with Crippen LogP contribution in [-0.4, -0.2) is 52.2 Å². The fourth-order valence-corrected chi connectivity index (χ4v) is 7.92. The molecule has 0 bridgehead atoms. The molecule has 4 aromatic rings. The van der Waals surface area contributed by atoms with E-state index in [-0.39, 0.29) is 0 Å². The van der Waals surface area contributed by atoms with Gasteiger partial charge in [-0.15, -0.1) is 0 Å². The lowest BCUT2D eigenvalue weighted by Crippen LogP contribution is -2.47. The molecule has 1 saturated carbocycles. The number of esters is 1. The van der Waals surface area contributed by atoms with Crippen molar-refractivity contribution >= 4 is 22.7 Å². The third kappa shape index (κ3) is 6.39. The van der Waals surface area contributed by atoms with Crippen LogP contribution in [0.1, 0.15) is 105 Å². The highest BCUT2D eigenvalue weighted by Crippen LogP contribution is 2.42. The van der Waals surface area contributed by atoms with Gasteiger partial charge in [0.25, 0.3) is 0 Å². The van der Waals surface area contributed by atoms with Gasteiger partial charge in [0.1, 0.15) is 28.3 Å². The molecule has 2 fully saturated rings. The topological polar surface area (TPSA) is 59.8 Å². The highest BCUT2D eigenvalue weighted by Gasteiger charge is 2.31. The Morgan fingerprint density at radius 3 is 2.43 bits per heavy atom. The van der Waals surface area contributed by atoms with Crippen LogP contribution in [0, 0.1) is 0 Å². The molecule has 2 aliphatic carbocycles. The Hall–Kier alpha value is -3.84. The number of benzene rings is 2. The maximum atomic E-state index is 13.3. The van der Waals surface area contributed by atoms with Crippen LogP contribution in [0.2, 0.25) is 0 Å². The summed E-state index contributed by atoms with van der Waals surface area (Å²) >= 11 is 0. The van der Waals surface area contributed by atoms with E-state index in [1.807, 2.05) is 68.9 Å². The fourth-order valence-electron chi connectivity index (χ4n) is 7.92. The minimum Gasteiger partial charge on any atom is -0.456 e. The van der Waals surface area contributed by atoms with Gasteiger partial charge < -0.3 is 18.9 Å². The molecule has 2 aromatic carbocycles. The van der Waals surface area contributed by atoms with E-state index in [9.17, 15) is 4.79 Å². The third-order valence-corrected chi connectivity index (χ3v) is 10.2. The number of hydrogen-bond acceptors (Lipinski definition) is 6. The first-order valence-corrected chi connectivity index (χ1v) is 17.3. The molecule has 7 heteroatoms. The molecular weight excluding hydrogens is 572 g/mol. The molecule has 46 heavy (non-hydrogen) atoms. The van der Waals surface area contributed by atoms with E-state index in [0.29, 0.717) is 23.1 Å². The normalized spacial score (nSPS) is 19.7. The average molecular weight is 621 g/mol. The van der Waals surface area contributed by atoms with Gasteiger partial charge in [-0.05, 0) is 99.7 Å². The summed E-state index contributed by atoms with van der Waals surface area (Å²) in [4.78, 5) is 23.0. The fraction of sp³-hybridized carbons (Fsp3) is 0.487. The van der Waals surface area contributed by atoms with Gasteiger partial charge in [-0.3, -0.25) is 4.90 Å². The summed E-state index contributed by atoms with van der Waals surface area (Å²) in [6.45, 7) is 9.53. The number of pyridine rings is 1. The van der Waals surface area contributed by atoms with E-state index in [1.54, 1.807) is 22.9 Å². The van der Waals surface area contributed by atoms with Crippen LogP contribution in [0.15, 0.2) is 60.9 Å². The molecule has 3 aliphatic rings. The molecule has 1 aliphatic heterocycles. The number of ether oxygens (including phenoxy) is 2. The summed E-state index contributed by atoms with van der Waals surface area (Å²) < 4.78 is 14.2. The second kappa shape index (κ2) is 12.7. The SMILES string of the molecule is Cn1ccc2cc(Oc3cc(N4CCN(C5CCCCc6c(C7CCCC7)cccc65)CC4)ccc3C(=O)OC(C)(C)C)cnc21. The van der Waals surface area contributed by atoms with Crippen LogP contribution in [0.25, 0.3) is 11.0 Å². The van der Waals surface area contributed by atoms with Crippen molar-refractivity contribution in [2.24, 2.45) is 7.05 Å². The number of fused-ring (bicyclic) bond motifs is 2. The number of piperazine rings is 1. The average Bonchev–Trinajstić information content (AvgIpc) is 3.65. The van der Waals surface area contributed by atoms with Crippen LogP contribution in [0.3, 0.4) is 0 Å². The van der Waals surface area contributed by atoms with Crippen LogP contribution in [0.5, 0.6) is 11.5 Å². The molecule has 0 amide bonds. The number of carbonyl (C=O) groups excluding carboxylic acids is 1. The summed E-state index contributed by atoms with van der Waals surface area (Å²) in [6, 6.07) is 17.6. The van der Waals surface area contributed by atoms with E-state index in [1.165, 1.54) is 51.4 Å². The Kier molecular flexibility index (Phi) is 8.53.